The van der Waals surface area contributed by atoms with Crippen LogP contribution in [-0.4, -0.2) is 23.0 Å². The zero-order valence-corrected chi connectivity index (χ0v) is 10.9. The molecule has 1 rings (SSSR count). The second kappa shape index (κ2) is 6.19. The van der Waals surface area contributed by atoms with Crippen molar-refractivity contribution in [2.45, 2.75) is 39.7 Å². The molecule has 0 aromatic heterocycles. The molecule has 0 unspecified atom stereocenters. The molecule has 0 radical (unpaired) electrons. The molecular weight excluding hydrogens is 232 g/mol. The molecule has 1 aromatic carbocycles. The second-order valence-corrected chi connectivity index (χ2v) is 4.36. The Morgan fingerprint density at radius 1 is 1.33 bits per heavy atom. The van der Waals surface area contributed by atoms with E-state index in [1.165, 1.54) is 12.1 Å². The van der Waals surface area contributed by atoms with E-state index in [9.17, 15) is 9.59 Å². The minimum absolute atomic E-state index is 0.0612. The lowest BCUT2D eigenvalue weighted by Gasteiger charge is -2.14. The molecule has 4 nitrogen and oxygen atoms in total. The Hall–Kier alpha value is -1.84. The standard InChI is InChI=1S/C14H18O4/c1-4-5-12(15)11-8-10(14(16)17)6-7-13(11)18-9(2)3/h6-9H,4-5H2,1-3H3,(H,16,17). The highest BCUT2D eigenvalue weighted by atomic mass is 16.5. The monoisotopic (exact) mass is 250 g/mol. The lowest BCUT2D eigenvalue weighted by Crippen LogP contribution is -2.11. The average Bonchev–Trinajstić information content (AvgIpc) is 2.28. The predicted molar refractivity (Wildman–Crippen MR) is 68.4 cm³/mol. The van der Waals surface area contributed by atoms with Crippen LogP contribution in [-0.2, 0) is 0 Å². The van der Waals surface area contributed by atoms with Crippen LogP contribution in [0.3, 0.4) is 0 Å². The summed E-state index contributed by atoms with van der Waals surface area (Å²) < 4.78 is 5.53. The molecule has 0 atom stereocenters. The van der Waals surface area contributed by atoms with Crippen LogP contribution in [0, 0.1) is 0 Å². The molecule has 0 amide bonds. The second-order valence-electron chi connectivity index (χ2n) is 4.36. The van der Waals surface area contributed by atoms with Crippen LogP contribution >= 0.6 is 0 Å². The molecule has 0 aliphatic carbocycles. The first-order chi connectivity index (χ1) is 8.45. The van der Waals surface area contributed by atoms with Crippen LogP contribution in [0.2, 0.25) is 0 Å². The Morgan fingerprint density at radius 2 is 2.00 bits per heavy atom. The Labute approximate surface area is 107 Å². The first kappa shape index (κ1) is 14.2. The summed E-state index contributed by atoms with van der Waals surface area (Å²) in [6.07, 6.45) is 1.04. The van der Waals surface area contributed by atoms with Crippen molar-refractivity contribution in [1.82, 2.24) is 0 Å². The minimum atomic E-state index is -1.04. The third kappa shape index (κ3) is 3.58. The number of ketones is 1. The van der Waals surface area contributed by atoms with Gasteiger partial charge >= 0.3 is 5.97 Å². The van der Waals surface area contributed by atoms with Crippen LogP contribution < -0.4 is 4.74 Å². The first-order valence-corrected chi connectivity index (χ1v) is 6.03. The number of Topliss-reactive ketones (excluding diaryl/α,β-unsaturated/α-hetero) is 1. The Kier molecular flexibility index (Phi) is 4.89. The summed E-state index contributed by atoms with van der Waals surface area (Å²) in [5.41, 5.74) is 0.455. The van der Waals surface area contributed by atoms with Crippen LogP contribution in [0.25, 0.3) is 0 Å². The van der Waals surface area contributed by atoms with Gasteiger partial charge in [0.2, 0.25) is 0 Å². The van der Waals surface area contributed by atoms with Gasteiger partial charge in [-0.05, 0) is 38.5 Å². The normalized spacial score (nSPS) is 10.4. The van der Waals surface area contributed by atoms with E-state index < -0.39 is 5.97 Å². The summed E-state index contributed by atoms with van der Waals surface area (Å²) in [5.74, 6) is -0.679. The van der Waals surface area contributed by atoms with Gasteiger partial charge in [-0.15, -0.1) is 0 Å². The van der Waals surface area contributed by atoms with Crippen molar-refractivity contribution in [1.29, 1.82) is 0 Å². The van der Waals surface area contributed by atoms with Crippen molar-refractivity contribution < 1.29 is 19.4 Å². The molecule has 4 heteroatoms. The molecule has 0 saturated carbocycles. The Morgan fingerprint density at radius 3 is 2.50 bits per heavy atom. The fourth-order valence-electron chi connectivity index (χ4n) is 1.60. The molecule has 0 heterocycles. The topological polar surface area (TPSA) is 63.6 Å². The largest absolute Gasteiger partial charge is 0.490 e. The van der Waals surface area contributed by atoms with E-state index in [1.54, 1.807) is 6.07 Å². The number of carbonyl (C=O) groups excluding carboxylic acids is 1. The molecule has 0 spiro atoms. The molecule has 0 aliphatic heterocycles. The van der Waals surface area contributed by atoms with Gasteiger partial charge in [0, 0.05) is 6.42 Å². The molecular formula is C14H18O4. The summed E-state index contributed by atoms with van der Waals surface area (Å²) in [5, 5.41) is 8.94. The van der Waals surface area contributed by atoms with E-state index in [-0.39, 0.29) is 17.5 Å². The highest BCUT2D eigenvalue weighted by Gasteiger charge is 2.16. The van der Waals surface area contributed by atoms with Gasteiger partial charge in [0.25, 0.3) is 0 Å². The number of carbonyl (C=O) groups is 2. The van der Waals surface area contributed by atoms with Crippen molar-refractivity contribution in [3.05, 3.63) is 29.3 Å². The SMILES string of the molecule is CCCC(=O)c1cc(C(=O)O)ccc1OC(C)C. The molecule has 0 bridgehead atoms. The average molecular weight is 250 g/mol. The lowest BCUT2D eigenvalue weighted by molar-refractivity contribution is 0.0697. The highest BCUT2D eigenvalue weighted by Crippen LogP contribution is 2.23. The summed E-state index contributed by atoms with van der Waals surface area (Å²) >= 11 is 0. The number of hydrogen-bond acceptors (Lipinski definition) is 3. The first-order valence-electron chi connectivity index (χ1n) is 6.03. The predicted octanol–water partition coefficient (Wildman–Crippen LogP) is 3.15. The minimum Gasteiger partial charge on any atom is -0.490 e. The molecule has 1 aromatic rings. The van der Waals surface area contributed by atoms with Crippen molar-refractivity contribution in [3.63, 3.8) is 0 Å². The quantitative estimate of drug-likeness (QED) is 0.788. The van der Waals surface area contributed by atoms with E-state index in [1.807, 2.05) is 20.8 Å². The van der Waals surface area contributed by atoms with Crippen LogP contribution in [0.1, 0.15) is 54.3 Å². The third-order valence-electron chi connectivity index (χ3n) is 2.37. The number of ether oxygens (including phenoxy) is 1. The zero-order chi connectivity index (χ0) is 13.7. The lowest BCUT2D eigenvalue weighted by atomic mass is 10.0. The van der Waals surface area contributed by atoms with Gasteiger partial charge in [-0.1, -0.05) is 6.92 Å². The van der Waals surface area contributed by atoms with Crippen molar-refractivity contribution in [2.24, 2.45) is 0 Å². The maximum Gasteiger partial charge on any atom is 0.335 e. The third-order valence-corrected chi connectivity index (χ3v) is 2.37. The summed E-state index contributed by atoms with van der Waals surface area (Å²) in [7, 11) is 0. The molecule has 0 saturated heterocycles. The van der Waals surface area contributed by atoms with E-state index in [0.717, 1.165) is 6.42 Å². The van der Waals surface area contributed by atoms with Crippen LogP contribution in [0.4, 0.5) is 0 Å². The van der Waals surface area contributed by atoms with E-state index in [4.69, 9.17) is 9.84 Å². The highest BCUT2D eigenvalue weighted by molar-refractivity contribution is 6.01. The van der Waals surface area contributed by atoms with E-state index in [2.05, 4.69) is 0 Å². The fourth-order valence-corrected chi connectivity index (χ4v) is 1.60. The Bertz CT molecular complexity index is 449. The summed E-state index contributed by atoms with van der Waals surface area (Å²) in [6, 6.07) is 4.38. The van der Waals surface area contributed by atoms with Gasteiger partial charge in [0.1, 0.15) is 5.75 Å². The number of rotatable bonds is 6. The summed E-state index contributed by atoms with van der Waals surface area (Å²) in [6.45, 7) is 5.63. The number of hydrogen-bond donors (Lipinski definition) is 1. The number of benzene rings is 1. The molecule has 0 fully saturated rings. The van der Waals surface area contributed by atoms with Crippen molar-refractivity contribution >= 4 is 11.8 Å². The molecule has 18 heavy (non-hydrogen) atoms. The van der Waals surface area contributed by atoms with Crippen LogP contribution in [0.15, 0.2) is 18.2 Å². The number of aromatic carboxylic acids is 1. The van der Waals surface area contributed by atoms with Crippen LogP contribution in [0.5, 0.6) is 5.75 Å². The van der Waals surface area contributed by atoms with E-state index >= 15 is 0 Å². The summed E-state index contributed by atoms with van der Waals surface area (Å²) in [4.78, 5) is 22.9. The molecule has 1 N–H and O–H groups in total. The van der Waals surface area contributed by atoms with Crippen molar-refractivity contribution in [2.75, 3.05) is 0 Å². The van der Waals surface area contributed by atoms with Gasteiger partial charge in [0.15, 0.2) is 5.78 Å². The Balaban J connectivity index is 3.17. The molecule has 98 valence electrons. The maximum absolute atomic E-state index is 11.9. The zero-order valence-electron chi connectivity index (χ0n) is 10.9. The fraction of sp³-hybridized carbons (Fsp3) is 0.429. The van der Waals surface area contributed by atoms with Gasteiger partial charge in [0.05, 0.1) is 17.2 Å². The number of carboxylic acid groups (broad SMARTS) is 1. The van der Waals surface area contributed by atoms with E-state index in [0.29, 0.717) is 17.7 Å². The number of carboxylic acids is 1. The van der Waals surface area contributed by atoms with Crippen molar-refractivity contribution in [3.8, 4) is 5.75 Å². The maximum atomic E-state index is 11.9. The molecule has 0 aliphatic rings. The van der Waals surface area contributed by atoms with Gasteiger partial charge in [-0.25, -0.2) is 4.79 Å². The smallest absolute Gasteiger partial charge is 0.335 e. The van der Waals surface area contributed by atoms with Gasteiger partial charge < -0.3 is 9.84 Å². The van der Waals surface area contributed by atoms with Gasteiger partial charge in [-0.2, -0.15) is 0 Å². The van der Waals surface area contributed by atoms with Gasteiger partial charge in [-0.3, -0.25) is 4.79 Å².